The van der Waals surface area contributed by atoms with Crippen LogP contribution < -0.4 is 21.5 Å². The van der Waals surface area contributed by atoms with Crippen LogP contribution in [0.5, 0.6) is 0 Å². The average molecular weight is 509 g/mol. The van der Waals surface area contributed by atoms with Gasteiger partial charge in [0.1, 0.15) is 6.54 Å². The van der Waals surface area contributed by atoms with E-state index in [1.54, 1.807) is 12.1 Å². The number of unbranched alkanes of at least 4 members (excludes halogenated alkanes) is 6. The van der Waals surface area contributed by atoms with Crippen LogP contribution in [0.1, 0.15) is 95.4 Å². The van der Waals surface area contributed by atoms with Gasteiger partial charge in [0.2, 0.25) is 23.0 Å². The van der Waals surface area contributed by atoms with Gasteiger partial charge in [0.05, 0.1) is 6.54 Å². The zero-order chi connectivity index (χ0) is 22.5. The molecule has 1 aliphatic rings. The van der Waals surface area contributed by atoms with Crippen LogP contribution in [-0.4, -0.2) is 16.1 Å². The lowest BCUT2D eigenvalue weighted by molar-refractivity contribution is -0.695. The first kappa shape index (κ1) is 25.1. The van der Waals surface area contributed by atoms with Crippen LogP contribution in [0.2, 0.25) is 0 Å². The van der Waals surface area contributed by atoms with E-state index in [-0.39, 0.29) is 28.5 Å². The highest BCUT2D eigenvalue weighted by Gasteiger charge is 2.42. The van der Waals surface area contributed by atoms with Gasteiger partial charge in [0.15, 0.2) is 0 Å². The lowest BCUT2D eigenvalue weighted by atomic mass is 9.90. The highest BCUT2D eigenvalue weighted by atomic mass is 79.9. The molecule has 0 saturated carbocycles. The first-order chi connectivity index (χ1) is 15.6. The molecular formula is C28H33BrN2O2. The lowest BCUT2D eigenvalue weighted by Gasteiger charge is -2.13. The second-order valence-electron chi connectivity index (χ2n) is 8.79. The van der Waals surface area contributed by atoms with Crippen LogP contribution in [0, 0.1) is 6.92 Å². The normalized spacial score (nSPS) is 12.3. The molecule has 1 aliphatic carbocycles. The van der Waals surface area contributed by atoms with E-state index in [0.29, 0.717) is 29.1 Å². The summed E-state index contributed by atoms with van der Waals surface area (Å²) in [6.07, 6.45) is 8.52. The quantitative estimate of drug-likeness (QED) is 0.244. The van der Waals surface area contributed by atoms with Crippen molar-refractivity contribution in [3.63, 3.8) is 0 Å². The number of rotatable bonds is 10. The lowest BCUT2D eigenvalue weighted by Crippen LogP contribution is -3.00. The Hall–Kier alpha value is -2.53. The molecule has 0 amide bonds. The van der Waals surface area contributed by atoms with E-state index < -0.39 is 0 Å². The molecule has 0 aliphatic heterocycles. The van der Waals surface area contributed by atoms with E-state index in [1.165, 1.54) is 32.1 Å². The summed E-state index contributed by atoms with van der Waals surface area (Å²) in [5.41, 5.74) is 3.26. The zero-order valence-electron chi connectivity index (χ0n) is 19.6. The van der Waals surface area contributed by atoms with Crippen LogP contribution in [0.3, 0.4) is 0 Å². The fraction of sp³-hybridized carbons (Fsp3) is 0.393. The van der Waals surface area contributed by atoms with Crippen molar-refractivity contribution >= 4 is 11.6 Å². The third-order valence-electron chi connectivity index (χ3n) is 6.56. The molecule has 0 unspecified atom stereocenters. The minimum atomic E-state index is -0.0486. The summed E-state index contributed by atoms with van der Waals surface area (Å²) in [5, 5.41) is 0. The fourth-order valence-corrected chi connectivity index (χ4v) is 4.78. The standard InChI is InChI=1S/C28H33N2O2.BrH/c1-3-4-5-6-7-8-14-19-29-21(2)30(20-22-15-10-9-11-16-22)26-25(29)27(31)23-17-12-13-18-24(23)28(26)32;/h9-13,15-18H,3-8,14,19-20H2,1-2H3;1H/q+1;/p-1. The van der Waals surface area contributed by atoms with Crippen molar-refractivity contribution in [3.05, 3.63) is 88.5 Å². The van der Waals surface area contributed by atoms with Crippen LogP contribution in [0.15, 0.2) is 54.6 Å². The number of hydrogen-bond donors (Lipinski definition) is 0. The Bertz CT molecular complexity index is 1120. The number of benzene rings is 2. The molecule has 4 nitrogen and oxygen atoms in total. The molecule has 174 valence electrons. The predicted octanol–water partition coefficient (Wildman–Crippen LogP) is 2.66. The number of fused-ring (bicyclic) bond motifs is 2. The molecule has 0 bridgehead atoms. The van der Waals surface area contributed by atoms with Gasteiger partial charge in [0, 0.05) is 18.1 Å². The number of halogens is 1. The molecule has 33 heavy (non-hydrogen) atoms. The van der Waals surface area contributed by atoms with Gasteiger partial charge in [-0.15, -0.1) is 0 Å². The highest BCUT2D eigenvalue weighted by molar-refractivity contribution is 6.26. The van der Waals surface area contributed by atoms with Crippen LogP contribution in [0.4, 0.5) is 0 Å². The third-order valence-corrected chi connectivity index (χ3v) is 6.56. The van der Waals surface area contributed by atoms with E-state index in [9.17, 15) is 9.59 Å². The van der Waals surface area contributed by atoms with Gasteiger partial charge < -0.3 is 17.0 Å². The van der Waals surface area contributed by atoms with Crippen LogP contribution in [-0.2, 0) is 13.1 Å². The van der Waals surface area contributed by atoms with Crippen molar-refractivity contribution in [3.8, 4) is 0 Å². The Morgan fingerprint density at radius 2 is 1.33 bits per heavy atom. The summed E-state index contributed by atoms with van der Waals surface area (Å²) >= 11 is 0. The van der Waals surface area contributed by atoms with Gasteiger partial charge in [-0.2, -0.15) is 0 Å². The van der Waals surface area contributed by atoms with Crippen molar-refractivity contribution in [2.24, 2.45) is 0 Å². The van der Waals surface area contributed by atoms with Gasteiger partial charge in [-0.1, -0.05) is 93.6 Å². The van der Waals surface area contributed by atoms with Gasteiger partial charge in [-0.05, 0) is 18.4 Å². The Labute approximate surface area is 207 Å². The second kappa shape index (κ2) is 11.6. The number of nitrogens with zero attached hydrogens (tertiary/aromatic N) is 2. The van der Waals surface area contributed by atoms with Crippen LogP contribution in [0.25, 0.3) is 0 Å². The molecule has 5 heteroatoms. The summed E-state index contributed by atoms with van der Waals surface area (Å²) in [7, 11) is 0. The summed E-state index contributed by atoms with van der Waals surface area (Å²) in [6, 6.07) is 17.4. The van der Waals surface area contributed by atoms with E-state index in [4.69, 9.17) is 0 Å². The van der Waals surface area contributed by atoms with Gasteiger partial charge in [-0.25, -0.2) is 9.13 Å². The topological polar surface area (TPSA) is 43.0 Å². The molecule has 0 fully saturated rings. The number of carbonyl (C=O) groups excluding carboxylic acids is 2. The van der Waals surface area contributed by atoms with E-state index in [2.05, 4.69) is 23.6 Å². The Kier molecular flexibility index (Phi) is 8.79. The number of hydrogen-bond acceptors (Lipinski definition) is 2. The fourth-order valence-electron chi connectivity index (χ4n) is 4.78. The Morgan fingerprint density at radius 3 is 2.00 bits per heavy atom. The van der Waals surface area contributed by atoms with Crippen LogP contribution >= 0.6 is 0 Å². The highest BCUT2D eigenvalue weighted by Crippen LogP contribution is 2.27. The molecule has 2 aromatic carbocycles. The van der Waals surface area contributed by atoms with Gasteiger partial charge >= 0.3 is 0 Å². The largest absolute Gasteiger partial charge is 1.00 e. The maximum atomic E-state index is 13.5. The molecule has 0 N–H and O–H groups in total. The maximum absolute atomic E-state index is 13.5. The zero-order valence-corrected chi connectivity index (χ0v) is 21.2. The second-order valence-corrected chi connectivity index (χ2v) is 8.79. The SMILES string of the molecule is CCCCCCCCCn1c2c([n+](Cc3ccccc3)c1C)C(=O)c1ccccc1C2=O.[Br-]. The van der Waals surface area contributed by atoms with Crippen molar-refractivity contribution < 1.29 is 31.1 Å². The number of imidazole rings is 1. The first-order valence-corrected chi connectivity index (χ1v) is 12.0. The number of ketones is 2. The summed E-state index contributed by atoms with van der Waals surface area (Å²) in [5.74, 6) is 0.889. The van der Waals surface area contributed by atoms with Crippen molar-refractivity contribution in [2.45, 2.75) is 71.9 Å². The minimum Gasteiger partial charge on any atom is -1.00 e. The molecule has 1 aromatic heterocycles. The molecule has 0 atom stereocenters. The van der Waals surface area contributed by atoms with E-state index in [0.717, 1.165) is 30.8 Å². The van der Waals surface area contributed by atoms with Crippen molar-refractivity contribution in [1.29, 1.82) is 0 Å². The Morgan fingerprint density at radius 1 is 0.758 bits per heavy atom. The summed E-state index contributed by atoms with van der Waals surface area (Å²) in [4.78, 5) is 27.0. The number of carbonyl (C=O) groups is 2. The molecule has 4 rings (SSSR count). The summed E-state index contributed by atoms with van der Waals surface area (Å²) in [6.45, 7) is 5.62. The van der Waals surface area contributed by atoms with Gasteiger partial charge in [-0.3, -0.25) is 9.59 Å². The van der Waals surface area contributed by atoms with Crippen molar-refractivity contribution in [1.82, 2.24) is 4.57 Å². The molecule has 3 aromatic rings. The summed E-state index contributed by atoms with van der Waals surface area (Å²) < 4.78 is 4.14. The first-order valence-electron chi connectivity index (χ1n) is 12.0. The molecule has 0 radical (unpaired) electrons. The van der Waals surface area contributed by atoms with E-state index in [1.807, 2.05) is 41.8 Å². The van der Waals surface area contributed by atoms with Crippen molar-refractivity contribution in [2.75, 3.05) is 0 Å². The molecule has 0 spiro atoms. The van der Waals surface area contributed by atoms with Gasteiger partial charge in [0.25, 0.3) is 5.82 Å². The Balaban J connectivity index is 0.00000306. The minimum absolute atomic E-state index is 0. The average Bonchev–Trinajstić information content (AvgIpc) is 3.09. The maximum Gasteiger partial charge on any atom is 0.254 e. The predicted molar refractivity (Wildman–Crippen MR) is 126 cm³/mol. The molecule has 0 saturated heterocycles. The number of aromatic nitrogens is 2. The third kappa shape index (κ3) is 5.19. The smallest absolute Gasteiger partial charge is 0.254 e. The van der Waals surface area contributed by atoms with E-state index >= 15 is 0 Å². The molecular weight excluding hydrogens is 476 g/mol. The molecule has 1 heterocycles. The monoisotopic (exact) mass is 508 g/mol.